The SMILES string of the molecule is CCCNCCc1c[nH]c2ccccc12. The zero-order valence-electron chi connectivity index (χ0n) is 9.22. The lowest BCUT2D eigenvalue weighted by Crippen LogP contribution is -2.17. The van der Waals surface area contributed by atoms with E-state index in [-0.39, 0.29) is 0 Å². The van der Waals surface area contributed by atoms with Crippen LogP contribution in [0.2, 0.25) is 0 Å². The zero-order chi connectivity index (χ0) is 10.5. The van der Waals surface area contributed by atoms with Crippen molar-refractivity contribution in [2.45, 2.75) is 19.8 Å². The molecule has 0 aliphatic carbocycles. The Hall–Kier alpha value is -1.28. The molecule has 0 unspecified atom stereocenters. The van der Waals surface area contributed by atoms with E-state index in [1.165, 1.54) is 22.9 Å². The number of aromatic nitrogens is 1. The van der Waals surface area contributed by atoms with E-state index >= 15 is 0 Å². The number of hydrogen-bond donors (Lipinski definition) is 2. The van der Waals surface area contributed by atoms with Gasteiger partial charge in [-0.15, -0.1) is 0 Å². The molecule has 0 aliphatic heterocycles. The fraction of sp³-hybridized carbons (Fsp3) is 0.385. The molecule has 1 aromatic carbocycles. The highest BCUT2D eigenvalue weighted by Gasteiger charge is 2.01. The molecule has 0 radical (unpaired) electrons. The molecule has 0 spiro atoms. The maximum Gasteiger partial charge on any atom is 0.0456 e. The first-order valence-corrected chi connectivity index (χ1v) is 5.67. The third-order valence-corrected chi connectivity index (χ3v) is 2.67. The molecular formula is C13H18N2. The first-order chi connectivity index (χ1) is 7.42. The quantitative estimate of drug-likeness (QED) is 0.717. The normalized spacial score (nSPS) is 11.0. The Morgan fingerprint density at radius 3 is 2.93 bits per heavy atom. The number of fused-ring (bicyclic) bond motifs is 1. The van der Waals surface area contributed by atoms with Crippen molar-refractivity contribution >= 4 is 10.9 Å². The summed E-state index contributed by atoms with van der Waals surface area (Å²) >= 11 is 0. The Kier molecular flexibility index (Phi) is 3.41. The molecule has 1 heterocycles. The minimum absolute atomic E-state index is 1.07. The van der Waals surface area contributed by atoms with Gasteiger partial charge in [0.2, 0.25) is 0 Å². The first kappa shape index (κ1) is 10.2. The highest BCUT2D eigenvalue weighted by Crippen LogP contribution is 2.17. The van der Waals surface area contributed by atoms with Gasteiger partial charge in [-0.1, -0.05) is 25.1 Å². The smallest absolute Gasteiger partial charge is 0.0456 e. The summed E-state index contributed by atoms with van der Waals surface area (Å²) in [6, 6.07) is 8.47. The van der Waals surface area contributed by atoms with E-state index in [0.717, 1.165) is 19.5 Å². The van der Waals surface area contributed by atoms with Crippen LogP contribution < -0.4 is 5.32 Å². The Balaban J connectivity index is 2.02. The minimum atomic E-state index is 1.07. The lowest BCUT2D eigenvalue weighted by atomic mass is 10.1. The van der Waals surface area contributed by atoms with Gasteiger partial charge in [0.15, 0.2) is 0 Å². The second-order valence-electron chi connectivity index (χ2n) is 3.86. The van der Waals surface area contributed by atoms with Gasteiger partial charge in [0.25, 0.3) is 0 Å². The van der Waals surface area contributed by atoms with Crippen LogP contribution in [0.3, 0.4) is 0 Å². The maximum atomic E-state index is 3.42. The van der Waals surface area contributed by atoms with Crippen LogP contribution in [-0.2, 0) is 6.42 Å². The van der Waals surface area contributed by atoms with Crippen molar-refractivity contribution in [1.29, 1.82) is 0 Å². The summed E-state index contributed by atoms with van der Waals surface area (Å²) in [5.74, 6) is 0. The van der Waals surface area contributed by atoms with Crippen LogP contribution in [0.1, 0.15) is 18.9 Å². The molecule has 0 saturated heterocycles. The number of rotatable bonds is 5. The topological polar surface area (TPSA) is 27.8 Å². The second kappa shape index (κ2) is 4.99. The lowest BCUT2D eigenvalue weighted by Gasteiger charge is -2.01. The van der Waals surface area contributed by atoms with E-state index in [4.69, 9.17) is 0 Å². The fourth-order valence-corrected chi connectivity index (χ4v) is 1.86. The van der Waals surface area contributed by atoms with Crippen molar-refractivity contribution in [3.63, 3.8) is 0 Å². The molecule has 0 atom stereocenters. The van der Waals surface area contributed by atoms with Crippen LogP contribution in [0.25, 0.3) is 10.9 Å². The molecule has 1 aromatic heterocycles. The summed E-state index contributed by atoms with van der Waals surface area (Å²) in [5.41, 5.74) is 2.65. The van der Waals surface area contributed by atoms with Crippen LogP contribution in [0.15, 0.2) is 30.5 Å². The Morgan fingerprint density at radius 2 is 2.07 bits per heavy atom. The summed E-state index contributed by atoms with van der Waals surface area (Å²) in [6.07, 6.45) is 4.43. The average molecular weight is 202 g/mol. The average Bonchev–Trinajstić information content (AvgIpc) is 2.68. The van der Waals surface area contributed by atoms with Gasteiger partial charge in [-0.05, 0) is 37.6 Å². The molecule has 0 fully saturated rings. The molecule has 0 bridgehead atoms. The van der Waals surface area contributed by atoms with Crippen molar-refractivity contribution in [2.75, 3.05) is 13.1 Å². The fourth-order valence-electron chi connectivity index (χ4n) is 1.86. The largest absolute Gasteiger partial charge is 0.361 e. The Labute approximate surface area is 90.7 Å². The van der Waals surface area contributed by atoms with E-state index in [1.807, 2.05) is 0 Å². The third kappa shape index (κ3) is 2.39. The molecule has 2 N–H and O–H groups in total. The number of H-pyrrole nitrogens is 1. The van der Waals surface area contributed by atoms with Crippen molar-refractivity contribution in [2.24, 2.45) is 0 Å². The maximum absolute atomic E-state index is 3.42. The molecule has 0 aliphatic rings. The number of nitrogens with one attached hydrogen (secondary N) is 2. The summed E-state index contributed by atoms with van der Waals surface area (Å²) in [7, 11) is 0. The molecule has 15 heavy (non-hydrogen) atoms. The lowest BCUT2D eigenvalue weighted by molar-refractivity contribution is 0.672. The van der Waals surface area contributed by atoms with Crippen molar-refractivity contribution in [3.05, 3.63) is 36.0 Å². The van der Waals surface area contributed by atoms with E-state index in [1.54, 1.807) is 0 Å². The van der Waals surface area contributed by atoms with Gasteiger partial charge in [-0.25, -0.2) is 0 Å². The molecule has 2 heteroatoms. The standard InChI is InChI=1S/C13H18N2/c1-2-8-14-9-7-11-10-15-13-6-4-3-5-12(11)13/h3-6,10,14-15H,2,7-9H2,1H3. The Bertz CT molecular complexity index is 417. The Morgan fingerprint density at radius 1 is 1.20 bits per heavy atom. The van der Waals surface area contributed by atoms with E-state index in [2.05, 4.69) is 47.7 Å². The molecular weight excluding hydrogens is 184 g/mol. The molecule has 2 rings (SSSR count). The predicted molar refractivity (Wildman–Crippen MR) is 65.2 cm³/mol. The van der Waals surface area contributed by atoms with Crippen molar-refractivity contribution < 1.29 is 0 Å². The van der Waals surface area contributed by atoms with Crippen LogP contribution in [0.4, 0.5) is 0 Å². The van der Waals surface area contributed by atoms with E-state index in [9.17, 15) is 0 Å². The zero-order valence-corrected chi connectivity index (χ0v) is 9.22. The first-order valence-electron chi connectivity index (χ1n) is 5.67. The third-order valence-electron chi connectivity index (χ3n) is 2.67. The highest BCUT2D eigenvalue weighted by atomic mass is 14.8. The van der Waals surface area contributed by atoms with E-state index < -0.39 is 0 Å². The molecule has 0 saturated carbocycles. The monoisotopic (exact) mass is 202 g/mol. The van der Waals surface area contributed by atoms with Gasteiger partial charge in [0.1, 0.15) is 0 Å². The summed E-state index contributed by atoms with van der Waals surface area (Å²) in [5, 5.41) is 4.78. The predicted octanol–water partition coefficient (Wildman–Crippen LogP) is 2.71. The number of para-hydroxylation sites is 1. The molecule has 0 amide bonds. The van der Waals surface area contributed by atoms with E-state index in [0.29, 0.717) is 0 Å². The molecule has 2 nitrogen and oxygen atoms in total. The van der Waals surface area contributed by atoms with Crippen LogP contribution >= 0.6 is 0 Å². The molecule has 2 aromatic rings. The van der Waals surface area contributed by atoms with Crippen LogP contribution in [0.5, 0.6) is 0 Å². The minimum Gasteiger partial charge on any atom is -0.361 e. The number of hydrogen-bond acceptors (Lipinski definition) is 1. The van der Waals surface area contributed by atoms with Crippen molar-refractivity contribution in [3.8, 4) is 0 Å². The number of benzene rings is 1. The summed E-state index contributed by atoms with van der Waals surface area (Å²) in [4.78, 5) is 3.30. The number of aromatic amines is 1. The summed E-state index contributed by atoms with van der Waals surface area (Å²) < 4.78 is 0. The van der Waals surface area contributed by atoms with Crippen LogP contribution in [-0.4, -0.2) is 18.1 Å². The van der Waals surface area contributed by atoms with Gasteiger partial charge in [-0.2, -0.15) is 0 Å². The van der Waals surface area contributed by atoms with Gasteiger partial charge < -0.3 is 10.3 Å². The van der Waals surface area contributed by atoms with Gasteiger partial charge in [0, 0.05) is 17.1 Å². The molecule has 80 valence electrons. The van der Waals surface area contributed by atoms with Crippen molar-refractivity contribution in [1.82, 2.24) is 10.3 Å². The summed E-state index contributed by atoms with van der Waals surface area (Å²) in [6.45, 7) is 4.37. The highest BCUT2D eigenvalue weighted by molar-refractivity contribution is 5.83. The van der Waals surface area contributed by atoms with Gasteiger partial charge >= 0.3 is 0 Å². The van der Waals surface area contributed by atoms with Crippen LogP contribution in [0, 0.1) is 0 Å². The van der Waals surface area contributed by atoms with Gasteiger partial charge in [0.05, 0.1) is 0 Å². The van der Waals surface area contributed by atoms with Gasteiger partial charge in [-0.3, -0.25) is 0 Å². The second-order valence-corrected chi connectivity index (χ2v) is 3.86.